The molecule has 8 nitrogen and oxygen atoms in total. The number of piperazine rings is 1. The Balaban J connectivity index is 1.78. The Hall–Kier alpha value is -2.39. The first kappa shape index (κ1) is 20.3. The molecule has 0 unspecified atom stereocenters. The molecule has 0 atom stereocenters. The van der Waals surface area contributed by atoms with Crippen LogP contribution in [0.15, 0.2) is 29.2 Å². The number of aryl methyl sites for hydroxylation is 2. The average Bonchev–Trinajstić information content (AvgIpc) is 2.68. The zero-order valence-corrected chi connectivity index (χ0v) is 17.5. The van der Waals surface area contributed by atoms with Crippen molar-refractivity contribution in [2.24, 2.45) is 0 Å². The number of ether oxygens (including phenoxy) is 2. The number of nitrogens with zero attached hydrogens (tertiary/aromatic N) is 4. The fourth-order valence-corrected chi connectivity index (χ4v) is 4.85. The quantitative estimate of drug-likeness (QED) is 0.725. The molecule has 0 aliphatic carbocycles. The molecule has 1 aromatic carbocycles. The Morgan fingerprint density at radius 1 is 1.07 bits per heavy atom. The van der Waals surface area contributed by atoms with Gasteiger partial charge in [0.05, 0.1) is 13.7 Å². The molecule has 1 aliphatic rings. The van der Waals surface area contributed by atoms with Gasteiger partial charge in [0, 0.05) is 32.2 Å². The molecule has 1 saturated heterocycles. The summed E-state index contributed by atoms with van der Waals surface area (Å²) in [6, 6.07) is 6.98. The zero-order valence-electron chi connectivity index (χ0n) is 16.7. The summed E-state index contributed by atoms with van der Waals surface area (Å²) in [4.78, 5) is 11.0. The van der Waals surface area contributed by atoms with Crippen molar-refractivity contribution in [1.82, 2.24) is 14.3 Å². The zero-order chi connectivity index (χ0) is 20.3. The summed E-state index contributed by atoms with van der Waals surface area (Å²) in [5.74, 6) is 2.27. The van der Waals surface area contributed by atoms with E-state index in [1.54, 1.807) is 18.2 Å². The predicted octanol–water partition coefficient (Wildman–Crippen LogP) is 2.01. The van der Waals surface area contributed by atoms with Crippen molar-refractivity contribution in [3.8, 4) is 11.6 Å². The van der Waals surface area contributed by atoms with Crippen LogP contribution in [0.25, 0.3) is 0 Å². The van der Waals surface area contributed by atoms with Crippen molar-refractivity contribution >= 4 is 15.8 Å². The normalized spacial score (nSPS) is 15.5. The van der Waals surface area contributed by atoms with Crippen LogP contribution in [0.2, 0.25) is 0 Å². The summed E-state index contributed by atoms with van der Waals surface area (Å²) in [6.07, 6.45) is 0. The topological polar surface area (TPSA) is 84.9 Å². The van der Waals surface area contributed by atoms with E-state index in [-0.39, 0.29) is 4.90 Å². The van der Waals surface area contributed by atoms with Crippen LogP contribution in [-0.4, -0.2) is 62.6 Å². The molecule has 0 saturated carbocycles. The van der Waals surface area contributed by atoms with E-state index in [1.165, 1.54) is 11.4 Å². The Kier molecular flexibility index (Phi) is 6.04. The number of methoxy groups -OCH3 is 1. The monoisotopic (exact) mass is 406 g/mol. The van der Waals surface area contributed by atoms with Crippen LogP contribution in [0.5, 0.6) is 11.6 Å². The van der Waals surface area contributed by atoms with Gasteiger partial charge in [-0.1, -0.05) is 6.07 Å². The van der Waals surface area contributed by atoms with Gasteiger partial charge in [-0.15, -0.1) is 0 Å². The maximum absolute atomic E-state index is 13.1. The van der Waals surface area contributed by atoms with Crippen LogP contribution in [0.1, 0.15) is 18.3 Å². The lowest BCUT2D eigenvalue weighted by atomic mass is 10.2. The molecule has 0 N–H and O–H groups in total. The van der Waals surface area contributed by atoms with Crippen molar-refractivity contribution in [3.63, 3.8) is 0 Å². The molecule has 152 valence electrons. The molecule has 3 rings (SSSR count). The van der Waals surface area contributed by atoms with Crippen LogP contribution in [0.3, 0.4) is 0 Å². The summed E-state index contributed by atoms with van der Waals surface area (Å²) in [7, 11) is -2.15. The number of aromatic nitrogens is 2. The van der Waals surface area contributed by atoms with E-state index in [1.807, 2.05) is 26.8 Å². The number of anilines is 1. The summed E-state index contributed by atoms with van der Waals surface area (Å²) in [5, 5.41) is 0. The van der Waals surface area contributed by atoms with Gasteiger partial charge in [-0.05, 0) is 38.5 Å². The van der Waals surface area contributed by atoms with E-state index < -0.39 is 10.0 Å². The molecule has 0 radical (unpaired) electrons. The highest BCUT2D eigenvalue weighted by Gasteiger charge is 2.31. The molecule has 28 heavy (non-hydrogen) atoms. The van der Waals surface area contributed by atoms with Gasteiger partial charge in [0.15, 0.2) is 0 Å². The van der Waals surface area contributed by atoms with Gasteiger partial charge in [-0.2, -0.15) is 9.29 Å². The second kappa shape index (κ2) is 8.32. The van der Waals surface area contributed by atoms with E-state index in [0.717, 1.165) is 11.4 Å². The van der Waals surface area contributed by atoms with Gasteiger partial charge in [0.1, 0.15) is 22.3 Å². The molecular formula is C19H26N4O4S. The maximum atomic E-state index is 13.1. The summed E-state index contributed by atoms with van der Waals surface area (Å²) < 4.78 is 38.5. The van der Waals surface area contributed by atoms with Crippen LogP contribution >= 0.6 is 0 Å². The summed E-state index contributed by atoms with van der Waals surface area (Å²) in [5.41, 5.74) is 0.873. The average molecular weight is 407 g/mol. The van der Waals surface area contributed by atoms with Gasteiger partial charge < -0.3 is 14.4 Å². The van der Waals surface area contributed by atoms with E-state index in [0.29, 0.717) is 50.2 Å². The number of sulfonamides is 1. The fourth-order valence-electron chi connectivity index (χ4n) is 3.19. The van der Waals surface area contributed by atoms with E-state index in [4.69, 9.17) is 9.47 Å². The molecule has 2 aromatic rings. The molecule has 0 bridgehead atoms. The Labute approximate surface area is 166 Å². The highest BCUT2D eigenvalue weighted by atomic mass is 32.2. The molecule has 9 heteroatoms. The minimum atomic E-state index is -3.63. The second-order valence-corrected chi connectivity index (χ2v) is 8.50. The number of hydrogen-bond donors (Lipinski definition) is 0. The lowest BCUT2D eigenvalue weighted by Crippen LogP contribution is -2.49. The number of rotatable bonds is 6. The van der Waals surface area contributed by atoms with E-state index in [9.17, 15) is 8.42 Å². The first-order valence-corrected chi connectivity index (χ1v) is 10.7. The predicted molar refractivity (Wildman–Crippen MR) is 107 cm³/mol. The summed E-state index contributed by atoms with van der Waals surface area (Å²) >= 11 is 0. The largest absolute Gasteiger partial charge is 0.495 e. The number of hydrogen-bond acceptors (Lipinski definition) is 7. The lowest BCUT2D eigenvalue weighted by Gasteiger charge is -2.35. The molecule has 1 aromatic heterocycles. The van der Waals surface area contributed by atoms with Crippen molar-refractivity contribution < 1.29 is 17.9 Å². The molecule has 0 spiro atoms. The number of benzene rings is 1. The van der Waals surface area contributed by atoms with Gasteiger partial charge in [-0.3, -0.25) is 0 Å². The van der Waals surface area contributed by atoms with Gasteiger partial charge in [0.2, 0.25) is 15.9 Å². The highest BCUT2D eigenvalue weighted by Crippen LogP contribution is 2.29. The second-order valence-electron chi connectivity index (χ2n) is 6.59. The Morgan fingerprint density at radius 2 is 1.79 bits per heavy atom. The maximum Gasteiger partial charge on any atom is 0.246 e. The highest BCUT2D eigenvalue weighted by molar-refractivity contribution is 7.89. The molecule has 1 aliphatic heterocycles. The SMILES string of the molecule is CCOc1cc(N2CCN(S(=O)(=O)c3cc(C)ccc3OC)CC2)nc(C)n1. The van der Waals surface area contributed by atoms with Crippen molar-refractivity contribution in [3.05, 3.63) is 35.7 Å². The van der Waals surface area contributed by atoms with Crippen LogP contribution in [-0.2, 0) is 10.0 Å². The third-order valence-corrected chi connectivity index (χ3v) is 6.51. The fraction of sp³-hybridized carbons (Fsp3) is 0.474. The third-order valence-electron chi connectivity index (χ3n) is 4.59. The minimum Gasteiger partial charge on any atom is -0.495 e. The van der Waals surface area contributed by atoms with Crippen molar-refractivity contribution in [2.75, 3.05) is 44.8 Å². The standard InChI is InChI=1S/C19H26N4O4S/c1-5-27-19-13-18(20-15(3)21-19)22-8-10-23(11-9-22)28(24,25)17-12-14(2)6-7-16(17)26-4/h6-7,12-13H,5,8-11H2,1-4H3. The first-order valence-electron chi connectivity index (χ1n) is 9.23. The van der Waals surface area contributed by atoms with Crippen LogP contribution in [0, 0.1) is 13.8 Å². The molecule has 2 heterocycles. The molecule has 1 fully saturated rings. The van der Waals surface area contributed by atoms with Gasteiger partial charge in [0.25, 0.3) is 0 Å². The van der Waals surface area contributed by atoms with E-state index in [2.05, 4.69) is 14.9 Å². The van der Waals surface area contributed by atoms with Gasteiger partial charge in [-0.25, -0.2) is 13.4 Å². The van der Waals surface area contributed by atoms with Crippen LogP contribution < -0.4 is 14.4 Å². The Bertz CT molecular complexity index is 941. The smallest absolute Gasteiger partial charge is 0.246 e. The first-order chi connectivity index (χ1) is 13.3. The lowest BCUT2D eigenvalue weighted by molar-refractivity contribution is 0.324. The third kappa shape index (κ3) is 4.20. The summed E-state index contributed by atoms with van der Waals surface area (Å²) in [6.45, 7) is 7.92. The van der Waals surface area contributed by atoms with Crippen molar-refractivity contribution in [2.45, 2.75) is 25.7 Å². The van der Waals surface area contributed by atoms with Crippen molar-refractivity contribution in [1.29, 1.82) is 0 Å². The van der Waals surface area contributed by atoms with E-state index >= 15 is 0 Å². The molecular weight excluding hydrogens is 380 g/mol. The van der Waals surface area contributed by atoms with Gasteiger partial charge >= 0.3 is 0 Å². The Morgan fingerprint density at radius 3 is 2.43 bits per heavy atom. The van der Waals surface area contributed by atoms with Crippen LogP contribution in [0.4, 0.5) is 5.82 Å². The molecule has 0 amide bonds. The minimum absolute atomic E-state index is 0.208.